The average Bonchev–Trinajstić information content (AvgIpc) is 3.32. The van der Waals surface area contributed by atoms with Gasteiger partial charge in [-0.25, -0.2) is 0 Å². The number of para-hydroxylation sites is 1. The molecule has 34 heavy (non-hydrogen) atoms. The number of likely N-dealkylation sites (tertiary alicyclic amines) is 1. The molecule has 2 amide bonds. The van der Waals surface area contributed by atoms with Gasteiger partial charge in [-0.2, -0.15) is 4.98 Å². The number of hydrogen-bond donors (Lipinski definition) is 2. The minimum Gasteiger partial charge on any atom is -0.352 e. The lowest BCUT2D eigenvalue weighted by molar-refractivity contribution is -0.121. The lowest BCUT2D eigenvalue weighted by Crippen LogP contribution is -2.40. The first-order valence-electron chi connectivity index (χ1n) is 11.5. The number of rotatable bonds is 8. The van der Waals surface area contributed by atoms with Crippen LogP contribution in [0, 0.1) is 5.92 Å². The smallest absolute Gasteiger partial charge is 0.253 e. The zero-order chi connectivity index (χ0) is 23.9. The molecule has 2 heterocycles. The molecule has 0 aliphatic carbocycles. The zero-order valence-corrected chi connectivity index (χ0v) is 20.7. The van der Waals surface area contributed by atoms with Crippen LogP contribution in [0.25, 0.3) is 11.4 Å². The first kappa shape index (κ1) is 24.1. The molecular formula is C25H28BrN5O3. The van der Waals surface area contributed by atoms with Gasteiger partial charge in [0, 0.05) is 23.1 Å². The van der Waals surface area contributed by atoms with E-state index in [1.54, 1.807) is 18.2 Å². The number of halogens is 1. The van der Waals surface area contributed by atoms with E-state index in [9.17, 15) is 9.59 Å². The average molecular weight is 526 g/mol. The lowest BCUT2D eigenvalue weighted by Gasteiger charge is -2.31. The number of aromatic nitrogens is 2. The third kappa shape index (κ3) is 6.09. The SMILES string of the molecule is CCCNC(=O)c1ccccc1NC(=O)C1CCCN(Cc2nc(-c3ccc(Br)cc3)no2)C1. The van der Waals surface area contributed by atoms with Crippen LogP contribution in [0.5, 0.6) is 0 Å². The standard InChI is InChI=1S/C25H28BrN5O3/c1-2-13-27-25(33)20-7-3-4-8-21(20)28-24(32)18-6-5-14-31(15-18)16-22-29-23(30-34-22)17-9-11-19(26)12-10-17/h3-4,7-12,18H,2,5-6,13-16H2,1H3,(H,27,33)(H,28,32). The fourth-order valence-corrected chi connectivity index (χ4v) is 4.26. The van der Waals surface area contributed by atoms with Crippen molar-refractivity contribution in [2.24, 2.45) is 5.92 Å². The first-order chi connectivity index (χ1) is 16.5. The number of carbonyl (C=O) groups is 2. The summed E-state index contributed by atoms with van der Waals surface area (Å²) in [5.74, 6) is 0.626. The van der Waals surface area contributed by atoms with E-state index in [-0.39, 0.29) is 17.7 Å². The molecule has 1 fully saturated rings. The molecule has 8 nitrogen and oxygen atoms in total. The monoisotopic (exact) mass is 525 g/mol. The summed E-state index contributed by atoms with van der Waals surface area (Å²) in [6.07, 6.45) is 2.54. The van der Waals surface area contributed by atoms with Crippen LogP contribution in [-0.2, 0) is 11.3 Å². The Labute approximate surface area is 207 Å². The quantitative estimate of drug-likeness (QED) is 0.449. The molecule has 1 aliphatic heterocycles. The van der Waals surface area contributed by atoms with Gasteiger partial charge in [-0.05, 0) is 62.2 Å². The largest absolute Gasteiger partial charge is 0.352 e. The number of hydrogen-bond acceptors (Lipinski definition) is 6. The maximum absolute atomic E-state index is 13.0. The van der Waals surface area contributed by atoms with Crippen molar-refractivity contribution in [2.45, 2.75) is 32.7 Å². The van der Waals surface area contributed by atoms with E-state index < -0.39 is 0 Å². The van der Waals surface area contributed by atoms with E-state index in [0.717, 1.165) is 35.8 Å². The summed E-state index contributed by atoms with van der Waals surface area (Å²) in [5.41, 5.74) is 1.90. The van der Waals surface area contributed by atoms with Crippen molar-refractivity contribution in [3.8, 4) is 11.4 Å². The number of piperidine rings is 1. The molecule has 1 aromatic heterocycles. The molecule has 1 atom stereocenters. The van der Waals surface area contributed by atoms with Crippen LogP contribution in [0.3, 0.4) is 0 Å². The summed E-state index contributed by atoms with van der Waals surface area (Å²) >= 11 is 3.42. The molecular weight excluding hydrogens is 498 g/mol. The fourth-order valence-electron chi connectivity index (χ4n) is 4.00. The van der Waals surface area contributed by atoms with E-state index in [1.807, 2.05) is 37.3 Å². The Morgan fingerprint density at radius 3 is 2.76 bits per heavy atom. The summed E-state index contributed by atoms with van der Waals surface area (Å²) in [6, 6.07) is 14.8. The van der Waals surface area contributed by atoms with Crippen molar-refractivity contribution in [2.75, 3.05) is 25.0 Å². The van der Waals surface area contributed by atoms with Gasteiger partial charge >= 0.3 is 0 Å². The van der Waals surface area contributed by atoms with Gasteiger partial charge in [-0.1, -0.05) is 40.1 Å². The Hall–Kier alpha value is -3.04. The third-order valence-electron chi connectivity index (χ3n) is 5.77. The van der Waals surface area contributed by atoms with Gasteiger partial charge in [-0.3, -0.25) is 14.5 Å². The number of nitrogens with zero attached hydrogens (tertiary/aromatic N) is 3. The number of amides is 2. The zero-order valence-electron chi connectivity index (χ0n) is 19.1. The van der Waals surface area contributed by atoms with Crippen molar-refractivity contribution in [1.29, 1.82) is 0 Å². The van der Waals surface area contributed by atoms with Gasteiger partial charge in [0.15, 0.2) is 0 Å². The Bertz CT molecular complexity index is 1130. The summed E-state index contributed by atoms with van der Waals surface area (Å²) in [5, 5.41) is 9.93. The highest BCUT2D eigenvalue weighted by Crippen LogP contribution is 2.23. The number of carbonyl (C=O) groups excluding carboxylic acids is 2. The molecule has 2 aromatic carbocycles. The normalized spacial score (nSPS) is 16.2. The molecule has 0 spiro atoms. The van der Waals surface area contributed by atoms with E-state index in [0.29, 0.717) is 42.6 Å². The van der Waals surface area contributed by atoms with Crippen molar-refractivity contribution in [1.82, 2.24) is 20.4 Å². The molecule has 1 aliphatic rings. The molecule has 2 N–H and O–H groups in total. The maximum atomic E-state index is 13.0. The number of benzene rings is 2. The van der Waals surface area contributed by atoms with Gasteiger partial charge in [-0.15, -0.1) is 0 Å². The number of nitrogens with one attached hydrogen (secondary N) is 2. The topological polar surface area (TPSA) is 100 Å². The van der Waals surface area contributed by atoms with Gasteiger partial charge in [0.25, 0.3) is 5.91 Å². The van der Waals surface area contributed by atoms with Gasteiger partial charge in [0.1, 0.15) is 0 Å². The van der Waals surface area contributed by atoms with Gasteiger partial charge in [0.2, 0.25) is 17.6 Å². The minimum atomic E-state index is -0.186. The summed E-state index contributed by atoms with van der Waals surface area (Å²) in [4.78, 5) is 32.2. The highest BCUT2D eigenvalue weighted by atomic mass is 79.9. The van der Waals surface area contributed by atoms with Crippen LogP contribution in [0.15, 0.2) is 57.5 Å². The van der Waals surface area contributed by atoms with E-state index in [1.165, 1.54) is 0 Å². The molecule has 0 radical (unpaired) electrons. The molecule has 3 aromatic rings. The molecule has 178 valence electrons. The highest BCUT2D eigenvalue weighted by molar-refractivity contribution is 9.10. The Balaban J connectivity index is 1.37. The molecule has 4 rings (SSSR count). The maximum Gasteiger partial charge on any atom is 0.253 e. The summed E-state index contributed by atoms with van der Waals surface area (Å²) < 4.78 is 6.45. The van der Waals surface area contributed by atoms with Crippen LogP contribution in [-0.4, -0.2) is 46.5 Å². The minimum absolute atomic E-state index is 0.0819. The summed E-state index contributed by atoms with van der Waals surface area (Å²) in [6.45, 7) is 4.53. The van der Waals surface area contributed by atoms with Gasteiger partial charge < -0.3 is 15.2 Å². The fraction of sp³-hybridized carbons (Fsp3) is 0.360. The predicted octanol–water partition coefficient (Wildman–Crippen LogP) is 4.49. The Morgan fingerprint density at radius 1 is 1.18 bits per heavy atom. The predicted molar refractivity (Wildman–Crippen MR) is 133 cm³/mol. The van der Waals surface area contributed by atoms with E-state index >= 15 is 0 Å². The Kier molecular flexibility index (Phi) is 8.08. The molecule has 1 saturated heterocycles. The second-order valence-electron chi connectivity index (χ2n) is 8.38. The van der Waals surface area contributed by atoms with Crippen LogP contribution >= 0.6 is 15.9 Å². The second kappa shape index (κ2) is 11.4. The Morgan fingerprint density at radius 2 is 1.97 bits per heavy atom. The second-order valence-corrected chi connectivity index (χ2v) is 9.30. The van der Waals surface area contributed by atoms with Crippen LogP contribution < -0.4 is 10.6 Å². The van der Waals surface area contributed by atoms with Crippen molar-refractivity contribution in [3.05, 3.63) is 64.5 Å². The highest BCUT2D eigenvalue weighted by Gasteiger charge is 2.27. The molecule has 9 heteroatoms. The molecule has 0 saturated carbocycles. The first-order valence-corrected chi connectivity index (χ1v) is 12.3. The van der Waals surface area contributed by atoms with Crippen molar-refractivity contribution >= 4 is 33.4 Å². The van der Waals surface area contributed by atoms with Crippen molar-refractivity contribution in [3.63, 3.8) is 0 Å². The number of anilines is 1. The lowest BCUT2D eigenvalue weighted by atomic mass is 9.96. The molecule has 0 bridgehead atoms. The summed E-state index contributed by atoms with van der Waals surface area (Å²) in [7, 11) is 0. The van der Waals surface area contributed by atoms with E-state index in [4.69, 9.17) is 4.52 Å². The van der Waals surface area contributed by atoms with Crippen molar-refractivity contribution < 1.29 is 14.1 Å². The third-order valence-corrected chi connectivity index (χ3v) is 6.30. The van der Waals surface area contributed by atoms with Gasteiger partial charge in [0.05, 0.1) is 23.7 Å². The van der Waals surface area contributed by atoms with E-state index in [2.05, 4.69) is 41.6 Å². The molecule has 1 unspecified atom stereocenters. The van der Waals surface area contributed by atoms with Crippen LogP contribution in [0.4, 0.5) is 5.69 Å². The van der Waals surface area contributed by atoms with Crippen LogP contribution in [0.1, 0.15) is 42.4 Å². The van der Waals surface area contributed by atoms with Crippen LogP contribution in [0.2, 0.25) is 0 Å².